The van der Waals surface area contributed by atoms with Crippen LogP contribution in [0.5, 0.6) is 0 Å². The zero-order chi connectivity index (χ0) is 15.6. The van der Waals surface area contributed by atoms with E-state index in [-0.39, 0.29) is 0 Å². The zero-order valence-electron chi connectivity index (χ0n) is 13.4. The van der Waals surface area contributed by atoms with E-state index >= 15 is 0 Å². The number of hydrogen-bond donors (Lipinski definition) is 0. The van der Waals surface area contributed by atoms with Gasteiger partial charge in [0.25, 0.3) is 0 Å². The van der Waals surface area contributed by atoms with Gasteiger partial charge in [-0.15, -0.1) is 6.58 Å². The van der Waals surface area contributed by atoms with Crippen LogP contribution in [0.4, 0.5) is 0 Å². The van der Waals surface area contributed by atoms with Crippen LogP contribution in [0, 0.1) is 11.8 Å². The summed E-state index contributed by atoms with van der Waals surface area (Å²) in [5.41, 5.74) is 4.89. The maximum Gasteiger partial charge on any atom is 0.0249 e. The minimum atomic E-state index is 1.02. The van der Waals surface area contributed by atoms with Crippen molar-refractivity contribution in [3.05, 3.63) is 83.4 Å². The highest BCUT2D eigenvalue weighted by Gasteiger charge is 1.94. The van der Waals surface area contributed by atoms with Crippen LogP contribution in [0.1, 0.15) is 48.4 Å². The summed E-state index contributed by atoms with van der Waals surface area (Å²) in [6.07, 6.45) is 7.69. The minimum absolute atomic E-state index is 1.02. The molecule has 2 aromatic carbocycles. The SMILES string of the molecule is C=CCCc1ccc(C#Cc2ccc(CCCC)cc2)cc1. The molecule has 0 nitrogen and oxygen atoms in total. The van der Waals surface area contributed by atoms with E-state index in [9.17, 15) is 0 Å². The monoisotopic (exact) mass is 288 g/mol. The fraction of sp³-hybridized carbons (Fsp3) is 0.273. The number of aryl methyl sites for hydroxylation is 2. The van der Waals surface area contributed by atoms with Gasteiger partial charge in [0.15, 0.2) is 0 Å². The molecule has 0 bridgehead atoms. The second-order valence-corrected chi connectivity index (χ2v) is 5.57. The molecule has 22 heavy (non-hydrogen) atoms. The molecule has 0 radical (unpaired) electrons. The van der Waals surface area contributed by atoms with Crippen LogP contribution in [0.25, 0.3) is 0 Å². The lowest BCUT2D eigenvalue weighted by atomic mass is 10.1. The maximum absolute atomic E-state index is 3.76. The summed E-state index contributed by atoms with van der Waals surface area (Å²) in [6.45, 7) is 5.98. The van der Waals surface area contributed by atoms with Gasteiger partial charge >= 0.3 is 0 Å². The van der Waals surface area contributed by atoms with Crippen LogP contribution < -0.4 is 0 Å². The van der Waals surface area contributed by atoms with Crippen molar-refractivity contribution >= 4 is 0 Å². The topological polar surface area (TPSA) is 0 Å². The van der Waals surface area contributed by atoms with Gasteiger partial charge < -0.3 is 0 Å². The van der Waals surface area contributed by atoms with Crippen molar-refractivity contribution in [2.75, 3.05) is 0 Å². The molecule has 0 atom stereocenters. The number of hydrogen-bond acceptors (Lipinski definition) is 0. The molecule has 0 saturated carbocycles. The van der Waals surface area contributed by atoms with Gasteiger partial charge in [0, 0.05) is 11.1 Å². The Kier molecular flexibility index (Phi) is 6.52. The van der Waals surface area contributed by atoms with Gasteiger partial charge in [-0.05, 0) is 61.1 Å². The third-order valence-electron chi connectivity index (χ3n) is 3.72. The van der Waals surface area contributed by atoms with Crippen LogP contribution in [-0.4, -0.2) is 0 Å². The van der Waals surface area contributed by atoms with Crippen LogP contribution in [-0.2, 0) is 12.8 Å². The Hall–Kier alpha value is -2.26. The first-order valence-corrected chi connectivity index (χ1v) is 8.12. The van der Waals surface area contributed by atoms with Gasteiger partial charge in [0.1, 0.15) is 0 Å². The van der Waals surface area contributed by atoms with Gasteiger partial charge in [0.05, 0.1) is 0 Å². The lowest BCUT2D eigenvalue weighted by molar-refractivity contribution is 0.795. The van der Waals surface area contributed by atoms with Crippen molar-refractivity contribution < 1.29 is 0 Å². The van der Waals surface area contributed by atoms with Gasteiger partial charge in [-0.25, -0.2) is 0 Å². The lowest BCUT2D eigenvalue weighted by Gasteiger charge is -1.99. The summed E-state index contributed by atoms with van der Waals surface area (Å²) in [5.74, 6) is 6.48. The summed E-state index contributed by atoms with van der Waals surface area (Å²) >= 11 is 0. The van der Waals surface area contributed by atoms with Crippen molar-refractivity contribution in [3.8, 4) is 11.8 Å². The average Bonchev–Trinajstić information content (AvgIpc) is 2.58. The van der Waals surface area contributed by atoms with Crippen molar-refractivity contribution in [2.45, 2.75) is 39.0 Å². The van der Waals surface area contributed by atoms with Gasteiger partial charge in [-0.3, -0.25) is 0 Å². The third kappa shape index (κ3) is 5.26. The second-order valence-electron chi connectivity index (χ2n) is 5.57. The first-order chi connectivity index (χ1) is 10.8. The fourth-order valence-corrected chi connectivity index (χ4v) is 2.30. The molecule has 0 heteroatoms. The Morgan fingerprint density at radius 2 is 1.32 bits per heavy atom. The molecule has 0 amide bonds. The highest BCUT2D eigenvalue weighted by atomic mass is 14.0. The van der Waals surface area contributed by atoms with Crippen molar-refractivity contribution in [1.29, 1.82) is 0 Å². The third-order valence-corrected chi connectivity index (χ3v) is 3.72. The molecule has 0 N–H and O–H groups in total. The Balaban J connectivity index is 1.98. The van der Waals surface area contributed by atoms with Crippen LogP contribution in [0.3, 0.4) is 0 Å². The molecule has 0 unspecified atom stereocenters. The highest BCUT2D eigenvalue weighted by Crippen LogP contribution is 2.09. The summed E-state index contributed by atoms with van der Waals surface area (Å²) in [6, 6.07) is 17.1. The van der Waals surface area contributed by atoms with E-state index in [0.29, 0.717) is 0 Å². The molecule has 0 saturated heterocycles. The van der Waals surface area contributed by atoms with Crippen molar-refractivity contribution in [2.24, 2.45) is 0 Å². The molecular formula is C22H24. The molecule has 0 heterocycles. The lowest BCUT2D eigenvalue weighted by Crippen LogP contribution is -1.85. The molecule has 2 rings (SSSR count). The van der Waals surface area contributed by atoms with Gasteiger partial charge in [0.2, 0.25) is 0 Å². The molecule has 0 spiro atoms. The van der Waals surface area contributed by atoms with E-state index in [1.165, 1.54) is 24.0 Å². The van der Waals surface area contributed by atoms with Gasteiger partial charge in [-0.2, -0.15) is 0 Å². The van der Waals surface area contributed by atoms with Crippen LogP contribution in [0.15, 0.2) is 61.2 Å². The predicted molar refractivity (Wildman–Crippen MR) is 96.0 cm³/mol. The second kappa shape index (κ2) is 8.90. The van der Waals surface area contributed by atoms with Gasteiger partial charge in [-0.1, -0.05) is 55.5 Å². The summed E-state index contributed by atoms with van der Waals surface area (Å²) in [4.78, 5) is 0. The summed E-state index contributed by atoms with van der Waals surface area (Å²) in [7, 11) is 0. The van der Waals surface area contributed by atoms with E-state index in [1.54, 1.807) is 0 Å². The van der Waals surface area contributed by atoms with E-state index in [2.05, 4.69) is 73.9 Å². The number of benzene rings is 2. The van der Waals surface area contributed by atoms with E-state index in [4.69, 9.17) is 0 Å². The van der Waals surface area contributed by atoms with Crippen molar-refractivity contribution in [1.82, 2.24) is 0 Å². The van der Waals surface area contributed by atoms with Crippen molar-refractivity contribution in [3.63, 3.8) is 0 Å². The Labute approximate surface area is 134 Å². The molecule has 0 aliphatic heterocycles. The molecule has 0 aliphatic carbocycles. The summed E-state index contributed by atoms with van der Waals surface area (Å²) < 4.78 is 0. The smallest absolute Gasteiger partial charge is 0.0249 e. The Bertz CT molecular complexity index is 633. The highest BCUT2D eigenvalue weighted by molar-refractivity contribution is 5.44. The zero-order valence-corrected chi connectivity index (χ0v) is 13.4. The quantitative estimate of drug-likeness (QED) is 0.483. The van der Waals surface area contributed by atoms with E-state index < -0.39 is 0 Å². The van der Waals surface area contributed by atoms with Crippen LogP contribution in [0.2, 0.25) is 0 Å². The molecular weight excluding hydrogens is 264 g/mol. The fourth-order valence-electron chi connectivity index (χ4n) is 2.30. The van der Waals surface area contributed by atoms with E-state index in [0.717, 1.165) is 30.4 Å². The number of allylic oxidation sites excluding steroid dienone is 1. The molecule has 112 valence electrons. The Morgan fingerprint density at radius 1 is 0.818 bits per heavy atom. The molecule has 0 aromatic heterocycles. The Morgan fingerprint density at radius 3 is 1.77 bits per heavy atom. The average molecular weight is 288 g/mol. The minimum Gasteiger partial charge on any atom is -0.103 e. The molecule has 0 fully saturated rings. The largest absolute Gasteiger partial charge is 0.103 e. The summed E-state index contributed by atoms with van der Waals surface area (Å²) in [5, 5.41) is 0. The maximum atomic E-state index is 3.76. The molecule has 2 aromatic rings. The first kappa shape index (κ1) is 16.1. The molecule has 0 aliphatic rings. The number of rotatable bonds is 6. The first-order valence-electron chi connectivity index (χ1n) is 8.12. The number of unbranched alkanes of at least 4 members (excludes halogenated alkanes) is 1. The van der Waals surface area contributed by atoms with E-state index in [1.807, 2.05) is 6.08 Å². The predicted octanol–water partition coefficient (Wildman–Crippen LogP) is 5.55. The normalized spacial score (nSPS) is 9.86. The standard InChI is InChI=1S/C22H24/c1-3-5-7-19-9-13-21(14-10-19)17-18-22-15-11-20(12-16-22)8-6-4-2/h3,9-16H,1,4-8H2,2H3. The van der Waals surface area contributed by atoms with Crippen LogP contribution >= 0.6 is 0 Å².